The summed E-state index contributed by atoms with van der Waals surface area (Å²) in [4.78, 5) is 11.8. The lowest BCUT2D eigenvalue weighted by atomic mass is 10.0. The molecule has 0 fully saturated rings. The zero-order valence-corrected chi connectivity index (χ0v) is 12.4. The number of hydrogen-bond acceptors (Lipinski definition) is 3. The molecule has 3 heteroatoms. The van der Waals surface area contributed by atoms with Gasteiger partial charge in [0.15, 0.2) is 6.10 Å². The molecule has 1 unspecified atom stereocenters. The molecule has 0 radical (unpaired) electrons. The first-order valence-electron chi connectivity index (χ1n) is 6.74. The Balaban J connectivity index is 2.29. The first kappa shape index (κ1) is 14.9. The van der Waals surface area contributed by atoms with E-state index in [4.69, 9.17) is 15.9 Å². The molecule has 0 spiro atoms. The Kier molecular flexibility index (Phi) is 4.18. The van der Waals surface area contributed by atoms with E-state index in [1.165, 1.54) is 0 Å². The molecule has 21 heavy (non-hydrogen) atoms. The summed E-state index contributed by atoms with van der Waals surface area (Å²) >= 11 is 0. The molecule has 0 amide bonds. The molecule has 0 N–H and O–H groups in total. The summed E-state index contributed by atoms with van der Waals surface area (Å²) in [5.41, 5.74) is 0.163. The van der Waals surface area contributed by atoms with E-state index in [9.17, 15) is 4.79 Å². The van der Waals surface area contributed by atoms with Crippen molar-refractivity contribution < 1.29 is 14.3 Å². The third-order valence-electron chi connectivity index (χ3n) is 2.86. The van der Waals surface area contributed by atoms with E-state index in [0.717, 1.165) is 16.3 Å². The number of terminal acetylenes is 1. The second-order valence-electron chi connectivity index (χ2n) is 5.70. The van der Waals surface area contributed by atoms with Gasteiger partial charge in [0, 0.05) is 5.56 Å². The Hall–Kier alpha value is -2.47. The Labute approximate surface area is 124 Å². The summed E-state index contributed by atoms with van der Waals surface area (Å²) < 4.78 is 10.4. The first-order chi connectivity index (χ1) is 9.90. The van der Waals surface area contributed by atoms with Crippen molar-refractivity contribution in [1.82, 2.24) is 0 Å². The number of ether oxygens (including phenoxy) is 2. The third kappa shape index (κ3) is 3.76. The molecule has 0 heterocycles. The molecule has 0 aliphatic heterocycles. The van der Waals surface area contributed by atoms with Crippen molar-refractivity contribution >= 4 is 16.9 Å². The van der Waals surface area contributed by atoms with E-state index in [-0.39, 0.29) is 0 Å². The molecule has 0 aliphatic rings. The van der Waals surface area contributed by atoms with Gasteiger partial charge in [0.05, 0.1) is 0 Å². The van der Waals surface area contributed by atoms with E-state index in [2.05, 4.69) is 5.92 Å². The fraction of sp³-hybridized carbons (Fsp3) is 0.278. The highest BCUT2D eigenvalue weighted by Gasteiger charge is 2.22. The van der Waals surface area contributed by atoms with Crippen LogP contribution in [0, 0.1) is 12.3 Å². The zero-order valence-electron chi connectivity index (χ0n) is 12.4. The van der Waals surface area contributed by atoms with Gasteiger partial charge in [-0.15, -0.1) is 6.42 Å². The number of hydrogen-bond donors (Lipinski definition) is 0. The second kappa shape index (κ2) is 5.88. The topological polar surface area (TPSA) is 35.5 Å². The number of carbonyl (C=O) groups excluding carboxylic acids is 1. The number of benzene rings is 2. The maximum atomic E-state index is 11.8. The molecule has 0 bridgehead atoms. The second-order valence-corrected chi connectivity index (χ2v) is 5.70. The van der Waals surface area contributed by atoms with Gasteiger partial charge in [0.2, 0.25) is 0 Å². The maximum Gasteiger partial charge on any atom is 0.510 e. The van der Waals surface area contributed by atoms with Gasteiger partial charge in [-0.3, -0.25) is 0 Å². The molecule has 0 aromatic heterocycles. The van der Waals surface area contributed by atoms with Gasteiger partial charge in [-0.05, 0) is 31.5 Å². The highest BCUT2D eigenvalue weighted by atomic mass is 16.7. The predicted molar refractivity (Wildman–Crippen MR) is 82.8 cm³/mol. The smallest absolute Gasteiger partial charge is 0.429 e. The summed E-state index contributed by atoms with van der Waals surface area (Å²) in [5.74, 6) is 2.50. The summed E-state index contributed by atoms with van der Waals surface area (Å²) in [6, 6.07) is 13.5. The molecule has 0 saturated carbocycles. The molecule has 2 aromatic carbocycles. The normalized spacial score (nSPS) is 12.5. The van der Waals surface area contributed by atoms with Crippen LogP contribution in [0.4, 0.5) is 4.79 Å². The predicted octanol–water partition coefficient (Wildman–Crippen LogP) is 4.47. The summed E-state index contributed by atoms with van der Waals surface area (Å²) in [7, 11) is 0. The molecule has 2 aromatic rings. The van der Waals surface area contributed by atoms with Gasteiger partial charge in [0.1, 0.15) is 5.60 Å². The van der Waals surface area contributed by atoms with Gasteiger partial charge in [0.25, 0.3) is 0 Å². The van der Waals surface area contributed by atoms with Crippen LogP contribution >= 0.6 is 0 Å². The van der Waals surface area contributed by atoms with E-state index < -0.39 is 17.9 Å². The van der Waals surface area contributed by atoms with Crippen LogP contribution < -0.4 is 0 Å². The van der Waals surface area contributed by atoms with E-state index >= 15 is 0 Å². The molecular weight excluding hydrogens is 264 g/mol. The molecule has 1 atom stereocenters. The molecule has 3 nitrogen and oxygen atoms in total. The fourth-order valence-electron chi connectivity index (χ4n) is 2.04. The Morgan fingerprint density at radius 1 is 1.14 bits per heavy atom. The average molecular weight is 282 g/mol. The average Bonchev–Trinajstić information content (AvgIpc) is 2.42. The Bertz CT molecular complexity index is 684. The minimum Gasteiger partial charge on any atom is -0.429 e. The monoisotopic (exact) mass is 282 g/mol. The maximum absolute atomic E-state index is 11.8. The first-order valence-corrected chi connectivity index (χ1v) is 6.74. The van der Waals surface area contributed by atoms with E-state index in [0.29, 0.717) is 0 Å². The van der Waals surface area contributed by atoms with Crippen molar-refractivity contribution in [3.05, 3.63) is 48.0 Å². The highest BCUT2D eigenvalue weighted by molar-refractivity contribution is 5.86. The van der Waals surface area contributed by atoms with Crippen LogP contribution in [-0.2, 0) is 9.47 Å². The number of rotatable bonds is 2. The Morgan fingerprint density at radius 2 is 1.81 bits per heavy atom. The quantitative estimate of drug-likeness (QED) is 0.602. The van der Waals surface area contributed by atoms with Crippen molar-refractivity contribution in [3.8, 4) is 12.3 Å². The molecule has 2 rings (SSSR count). The minimum absolute atomic E-state index is 0.616. The van der Waals surface area contributed by atoms with Gasteiger partial charge >= 0.3 is 6.16 Å². The van der Waals surface area contributed by atoms with Gasteiger partial charge in [-0.1, -0.05) is 48.4 Å². The lowest BCUT2D eigenvalue weighted by Gasteiger charge is -2.21. The molecule has 0 saturated heterocycles. The highest BCUT2D eigenvalue weighted by Crippen LogP contribution is 2.27. The summed E-state index contributed by atoms with van der Waals surface area (Å²) in [6.07, 6.45) is 3.99. The van der Waals surface area contributed by atoms with Crippen molar-refractivity contribution in [2.45, 2.75) is 32.5 Å². The van der Waals surface area contributed by atoms with Crippen LogP contribution in [0.1, 0.15) is 32.4 Å². The fourth-order valence-corrected chi connectivity index (χ4v) is 2.04. The summed E-state index contributed by atoms with van der Waals surface area (Å²) in [5, 5.41) is 2.01. The van der Waals surface area contributed by atoms with Gasteiger partial charge in [-0.25, -0.2) is 4.79 Å². The van der Waals surface area contributed by atoms with Crippen LogP contribution in [0.3, 0.4) is 0 Å². The van der Waals surface area contributed by atoms with Gasteiger partial charge < -0.3 is 9.47 Å². The van der Waals surface area contributed by atoms with Crippen molar-refractivity contribution in [1.29, 1.82) is 0 Å². The van der Waals surface area contributed by atoms with Crippen molar-refractivity contribution in [3.63, 3.8) is 0 Å². The van der Waals surface area contributed by atoms with Crippen LogP contribution in [0.25, 0.3) is 10.8 Å². The standard InChI is InChI=1S/C18H18O3/c1-5-16(20-17(19)21-18(2,3)4)15-12-8-10-13-9-6-7-11-14(13)15/h1,6-12,16H,2-4H3. The van der Waals surface area contributed by atoms with Crippen LogP contribution in [0.2, 0.25) is 0 Å². The molecule has 0 aliphatic carbocycles. The van der Waals surface area contributed by atoms with Crippen molar-refractivity contribution in [2.24, 2.45) is 0 Å². The van der Waals surface area contributed by atoms with E-state index in [1.54, 1.807) is 20.8 Å². The molecular formula is C18H18O3. The largest absolute Gasteiger partial charge is 0.510 e. The van der Waals surface area contributed by atoms with E-state index in [1.807, 2.05) is 42.5 Å². The van der Waals surface area contributed by atoms with Gasteiger partial charge in [-0.2, -0.15) is 0 Å². The van der Waals surface area contributed by atoms with Crippen LogP contribution in [-0.4, -0.2) is 11.8 Å². The van der Waals surface area contributed by atoms with Crippen LogP contribution in [0.15, 0.2) is 42.5 Å². The summed E-state index contributed by atoms with van der Waals surface area (Å²) in [6.45, 7) is 5.32. The lowest BCUT2D eigenvalue weighted by molar-refractivity contribution is -0.0170. The SMILES string of the molecule is C#CC(OC(=O)OC(C)(C)C)c1cccc2ccccc12. The van der Waals surface area contributed by atoms with Crippen LogP contribution in [0.5, 0.6) is 0 Å². The third-order valence-corrected chi connectivity index (χ3v) is 2.86. The molecule has 108 valence electrons. The number of carbonyl (C=O) groups is 1. The zero-order chi connectivity index (χ0) is 15.5. The van der Waals surface area contributed by atoms with Crippen molar-refractivity contribution in [2.75, 3.05) is 0 Å². The Morgan fingerprint density at radius 3 is 2.48 bits per heavy atom. The lowest BCUT2D eigenvalue weighted by Crippen LogP contribution is -2.25. The minimum atomic E-state index is -0.772. The number of fused-ring (bicyclic) bond motifs is 1.